The molecule has 29 heavy (non-hydrogen) atoms. The van der Waals surface area contributed by atoms with Crippen molar-refractivity contribution in [3.05, 3.63) is 22.2 Å². The van der Waals surface area contributed by atoms with Crippen LogP contribution in [-0.4, -0.2) is 47.6 Å². The number of carboxylic acid groups (broad SMARTS) is 1. The molecule has 8 heteroatoms. The minimum atomic E-state index is -1.00. The first-order chi connectivity index (χ1) is 13.4. The van der Waals surface area contributed by atoms with Gasteiger partial charge >= 0.3 is 12.1 Å². The van der Waals surface area contributed by atoms with Crippen molar-refractivity contribution >= 4 is 23.7 Å². The van der Waals surface area contributed by atoms with E-state index in [2.05, 4.69) is 0 Å². The topological polar surface area (TPSA) is 85.3 Å². The number of fused-ring (bicyclic) bond motifs is 1. The summed E-state index contributed by atoms with van der Waals surface area (Å²) in [6, 6.07) is 1.36. The van der Waals surface area contributed by atoms with Crippen LogP contribution in [0.15, 0.2) is 6.07 Å². The molecule has 1 N–H and O–H groups in total. The number of amides is 1. The van der Waals surface area contributed by atoms with Gasteiger partial charge in [-0.1, -0.05) is 32.4 Å². The third kappa shape index (κ3) is 3.72. The van der Waals surface area contributed by atoms with Crippen molar-refractivity contribution in [2.24, 2.45) is 11.3 Å². The fraction of sp³-hybridized carbons (Fsp3) is 0.619. The molecule has 2 aliphatic rings. The van der Waals surface area contributed by atoms with Crippen LogP contribution in [0.3, 0.4) is 0 Å². The van der Waals surface area contributed by atoms with Crippen molar-refractivity contribution in [1.29, 1.82) is 0 Å². The number of rotatable bonds is 2. The maximum atomic E-state index is 12.1. The van der Waals surface area contributed by atoms with Gasteiger partial charge in [-0.05, 0) is 31.2 Å². The number of likely N-dealkylation sites (tertiary alicyclic amines) is 1. The molecule has 0 spiro atoms. The summed E-state index contributed by atoms with van der Waals surface area (Å²) >= 11 is 6.38. The van der Waals surface area contributed by atoms with Gasteiger partial charge < -0.3 is 24.2 Å². The van der Waals surface area contributed by atoms with Crippen molar-refractivity contribution in [2.45, 2.75) is 59.3 Å². The molecule has 3 unspecified atom stereocenters. The standard InChI is InChI=1S/C21H28ClNO6/c1-11-13(18(24)27-6)10-14(22)17-16(11)28-21(5,29-17)12-7-8-23(19(25)26)15(9-12)20(2,3)4/h10,12,15H,7-9H2,1-6H3,(H,25,26). The quantitative estimate of drug-likeness (QED) is 0.689. The zero-order valence-electron chi connectivity index (χ0n) is 17.7. The maximum absolute atomic E-state index is 12.1. The molecule has 0 aliphatic carbocycles. The molecular weight excluding hydrogens is 398 g/mol. The molecule has 1 fully saturated rings. The van der Waals surface area contributed by atoms with Crippen molar-refractivity contribution in [2.75, 3.05) is 13.7 Å². The highest BCUT2D eigenvalue weighted by Gasteiger charge is 2.51. The molecule has 160 valence electrons. The van der Waals surface area contributed by atoms with Crippen molar-refractivity contribution in [3.63, 3.8) is 0 Å². The summed E-state index contributed by atoms with van der Waals surface area (Å²) in [6.07, 6.45) is 0.289. The Morgan fingerprint density at radius 1 is 1.31 bits per heavy atom. The molecule has 1 aromatic carbocycles. The molecule has 3 atom stereocenters. The third-order valence-electron chi connectivity index (χ3n) is 6.04. The van der Waals surface area contributed by atoms with Gasteiger partial charge in [0.25, 0.3) is 5.79 Å². The molecule has 1 aromatic rings. The molecule has 0 radical (unpaired) electrons. The van der Waals surface area contributed by atoms with E-state index in [4.69, 9.17) is 25.8 Å². The van der Waals surface area contributed by atoms with Crippen LogP contribution in [0.1, 0.15) is 56.5 Å². The first-order valence-electron chi connectivity index (χ1n) is 9.68. The van der Waals surface area contributed by atoms with E-state index in [1.807, 2.05) is 27.7 Å². The van der Waals surface area contributed by atoms with Gasteiger partial charge in [0.05, 0.1) is 17.7 Å². The Kier molecular flexibility index (Phi) is 5.41. The monoisotopic (exact) mass is 425 g/mol. The van der Waals surface area contributed by atoms with Gasteiger partial charge in [0.1, 0.15) is 0 Å². The number of methoxy groups -OCH3 is 1. The molecule has 1 saturated heterocycles. The van der Waals surface area contributed by atoms with Gasteiger partial charge in [-0.3, -0.25) is 0 Å². The van der Waals surface area contributed by atoms with Crippen LogP contribution in [0.5, 0.6) is 11.5 Å². The highest BCUT2D eigenvalue weighted by Crippen LogP contribution is 2.52. The smallest absolute Gasteiger partial charge is 0.407 e. The summed E-state index contributed by atoms with van der Waals surface area (Å²) in [7, 11) is 1.31. The summed E-state index contributed by atoms with van der Waals surface area (Å²) in [4.78, 5) is 25.3. The van der Waals surface area contributed by atoms with Crippen LogP contribution in [0.2, 0.25) is 5.02 Å². The van der Waals surface area contributed by atoms with E-state index in [0.717, 1.165) is 0 Å². The summed E-state index contributed by atoms with van der Waals surface area (Å²) in [5, 5.41) is 9.89. The second kappa shape index (κ2) is 7.27. The second-order valence-corrected chi connectivity index (χ2v) is 9.39. The summed E-state index contributed by atoms with van der Waals surface area (Å²) in [6.45, 7) is 10.1. The minimum Gasteiger partial charge on any atom is -0.465 e. The Morgan fingerprint density at radius 3 is 2.48 bits per heavy atom. The van der Waals surface area contributed by atoms with Gasteiger partial charge in [-0.15, -0.1) is 0 Å². The van der Waals surface area contributed by atoms with E-state index in [0.29, 0.717) is 42.0 Å². The fourth-order valence-corrected chi connectivity index (χ4v) is 4.56. The predicted molar refractivity (Wildman–Crippen MR) is 108 cm³/mol. The Morgan fingerprint density at radius 2 is 1.93 bits per heavy atom. The SMILES string of the molecule is COC(=O)c1cc(Cl)c2c(c1C)OC(C)(C1CCN(C(=O)O)C(C(C)(C)C)C1)O2. The number of carbonyl (C=O) groups is 2. The van der Waals surface area contributed by atoms with Crippen LogP contribution in [0.4, 0.5) is 4.79 Å². The van der Waals surface area contributed by atoms with Crippen molar-refractivity contribution in [1.82, 2.24) is 4.90 Å². The lowest BCUT2D eigenvalue weighted by Gasteiger charge is -2.47. The van der Waals surface area contributed by atoms with E-state index in [1.165, 1.54) is 18.1 Å². The third-order valence-corrected chi connectivity index (χ3v) is 6.32. The zero-order chi connectivity index (χ0) is 21.7. The number of ether oxygens (including phenoxy) is 3. The van der Waals surface area contributed by atoms with Gasteiger partial charge in [-0.25, -0.2) is 9.59 Å². The molecule has 2 aliphatic heterocycles. The Hall–Kier alpha value is -2.15. The number of halogens is 1. The van der Waals surface area contributed by atoms with Crippen LogP contribution >= 0.6 is 11.6 Å². The molecule has 2 heterocycles. The van der Waals surface area contributed by atoms with E-state index >= 15 is 0 Å². The van der Waals surface area contributed by atoms with Crippen LogP contribution in [0, 0.1) is 18.3 Å². The lowest BCUT2D eigenvalue weighted by atomic mass is 9.75. The minimum absolute atomic E-state index is 0.0493. The largest absolute Gasteiger partial charge is 0.465 e. The van der Waals surface area contributed by atoms with Crippen LogP contribution in [0.25, 0.3) is 0 Å². The summed E-state index contributed by atoms with van der Waals surface area (Å²) < 4.78 is 17.3. The molecule has 7 nitrogen and oxygen atoms in total. The number of benzene rings is 1. The average Bonchev–Trinajstić information content (AvgIpc) is 3.02. The molecule has 0 bridgehead atoms. The highest BCUT2D eigenvalue weighted by molar-refractivity contribution is 6.32. The summed E-state index contributed by atoms with van der Waals surface area (Å²) in [5.74, 6) is -0.695. The van der Waals surface area contributed by atoms with Crippen LogP contribution in [-0.2, 0) is 4.74 Å². The Labute approximate surface area is 175 Å². The van der Waals surface area contributed by atoms with E-state index in [9.17, 15) is 14.7 Å². The number of esters is 1. The number of piperidine rings is 1. The van der Waals surface area contributed by atoms with Crippen molar-refractivity contribution < 1.29 is 28.9 Å². The van der Waals surface area contributed by atoms with Gasteiger partial charge in [0.2, 0.25) is 0 Å². The Bertz CT molecular complexity index is 849. The number of hydrogen-bond acceptors (Lipinski definition) is 5. The number of nitrogens with zero attached hydrogens (tertiary/aromatic N) is 1. The van der Waals surface area contributed by atoms with Crippen molar-refractivity contribution in [3.8, 4) is 11.5 Å². The zero-order valence-corrected chi connectivity index (χ0v) is 18.4. The first kappa shape index (κ1) is 21.6. The molecular formula is C21H28ClNO6. The van der Waals surface area contributed by atoms with Gasteiger partial charge in [0, 0.05) is 31.0 Å². The lowest BCUT2D eigenvalue weighted by molar-refractivity contribution is -0.135. The second-order valence-electron chi connectivity index (χ2n) is 8.98. The van der Waals surface area contributed by atoms with E-state index in [1.54, 1.807) is 6.92 Å². The summed E-state index contributed by atoms with van der Waals surface area (Å²) in [5.41, 5.74) is 0.706. The average molecular weight is 426 g/mol. The number of carbonyl (C=O) groups excluding carboxylic acids is 1. The maximum Gasteiger partial charge on any atom is 0.407 e. The van der Waals surface area contributed by atoms with Crippen LogP contribution < -0.4 is 9.47 Å². The molecule has 0 aromatic heterocycles. The highest BCUT2D eigenvalue weighted by atomic mass is 35.5. The normalized spacial score (nSPS) is 26.4. The predicted octanol–water partition coefficient (Wildman–Crippen LogP) is 4.73. The van der Waals surface area contributed by atoms with Gasteiger partial charge in [0.15, 0.2) is 11.5 Å². The molecule has 3 rings (SSSR count). The van der Waals surface area contributed by atoms with E-state index in [-0.39, 0.29) is 22.4 Å². The fourth-order valence-electron chi connectivity index (χ4n) is 4.33. The molecule has 1 amide bonds. The Balaban J connectivity index is 1.92. The number of hydrogen-bond donors (Lipinski definition) is 1. The van der Waals surface area contributed by atoms with Gasteiger partial charge in [-0.2, -0.15) is 0 Å². The first-order valence-corrected chi connectivity index (χ1v) is 10.1. The lowest BCUT2D eigenvalue weighted by Crippen LogP contribution is -2.56. The molecule has 0 saturated carbocycles. The van der Waals surface area contributed by atoms with E-state index < -0.39 is 17.8 Å².